The molecule has 0 aromatic rings. The van der Waals surface area contributed by atoms with Gasteiger partial charge < -0.3 is 5.32 Å². The molecule has 112 valence electrons. The van der Waals surface area contributed by atoms with Crippen molar-refractivity contribution in [3.05, 3.63) is 0 Å². The average molecular weight is 278 g/mol. The zero-order valence-corrected chi connectivity index (χ0v) is 12.4. The lowest BCUT2D eigenvalue weighted by molar-refractivity contribution is -0.140. The highest BCUT2D eigenvalue weighted by molar-refractivity contribution is 6.05. The Balaban J connectivity index is 1.56. The smallest absolute Gasteiger partial charge is 0.233 e. The second-order valence-corrected chi connectivity index (χ2v) is 6.62. The zero-order valence-electron chi connectivity index (χ0n) is 12.4. The van der Waals surface area contributed by atoms with Crippen LogP contribution in [-0.4, -0.2) is 35.8 Å². The Morgan fingerprint density at radius 3 is 2.35 bits per heavy atom. The largest absolute Gasteiger partial charge is 0.314 e. The van der Waals surface area contributed by atoms with Gasteiger partial charge in [-0.05, 0) is 44.6 Å². The molecule has 2 amide bonds. The minimum atomic E-state index is 0.0237. The number of hydrogen-bond donors (Lipinski definition) is 1. The summed E-state index contributed by atoms with van der Waals surface area (Å²) in [5, 5.41) is 3.54. The van der Waals surface area contributed by atoms with Crippen LogP contribution in [-0.2, 0) is 9.59 Å². The molecule has 4 atom stereocenters. The van der Waals surface area contributed by atoms with Crippen LogP contribution >= 0.6 is 0 Å². The van der Waals surface area contributed by atoms with Gasteiger partial charge in [0.1, 0.15) is 0 Å². The van der Waals surface area contributed by atoms with E-state index in [0.29, 0.717) is 18.5 Å². The molecule has 1 saturated heterocycles. The van der Waals surface area contributed by atoms with Crippen LogP contribution in [0.15, 0.2) is 0 Å². The molecule has 4 unspecified atom stereocenters. The standard InChI is InChI=1S/C16H26N2O2/c1-2-17-14-8-3-5-11(14)9-10-18-15(19)12-6-4-7-13(12)16(18)20/h11-14,17H,2-10H2,1H3. The number of hydrogen-bond acceptors (Lipinski definition) is 3. The first-order valence-corrected chi connectivity index (χ1v) is 8.31. The first-order chi connectivity index (χ1) is 9.72. The van der Waals surface area contributed by atoms with Gasteiger partial charge in [0, 0.05) is 12.6 Å². The first-order valence-electron chi connectivity index (χ1n) is 8.31. The summed E-state index contributed by atoms with van der Waals surface area (Å²) in [6, 6.07) is 0.590. The Labute approximate surface area is 121 Å². The van der Waals surface area contributed by atoms with Gasteiger partial charge in [-0.3, -0.25) is 14.5 Å². The number of carbonyl (C=O) groups is 2. The maximum absolute atomic E-state index is 12.3. The van der Waals surface area contributed by atoms with Crippen molar-refractivity contribution in [2.75, 3.05) is 13.1 Å². The van der Waals surface area contributed by atoms with Crippen LogP contribution in [0.2, 0.25) is 0 Å². The topological polar surface area (TPSA) is 49.4 Å². The highest BCUT2D eigenvalue weighted by Gasteiger charge is 2.49. The Bertz CT molecular complexity index is 374. The van der Waals surface area contributed by atoms with E-state index in [1.165, 1.54) is 19.3 Å². The van der Waals surface area contributed by atoms with E-state index in [1.54, 1.807) is 4.90 Å². The van der Waals surface area contributed by atoms with Crippen molar-refractivity contribution in [2.24, 2.45) is 17.8 Å². The highest BCUT2D eigenvalue weighted by Crippen LogP contribution is 2.40. The van der Waals surface area contributed by atoms with Gasteiger partial charge in [0.25, 0.3) is 0 Å². The van der Waals surface area contributed by atoms with Gasteiger partial charge in [0.05, 0.1) is 11.8 Å². The van der Waals surface area contributed by atoms with Crippen molar-refractivity contribution < 1.29 is 9.59 Å². The summed E-state index contributed by atoms with van der Waals surface area (Å²) < 4.78 is 0. The summed E-state index contributed by atoms with van der Waals surface area (Å²) in [4.78, 5) is 26.2. The van der Waals surface area contributed by atoms with Crippen molar-refractivity contribution >= 4 is 11.8 Å². The van der Waals surface area contributed by atoms with E-state index < -0.39 is 0 Å². The predicted octanol–water partition coefficient (Wildman–Crippen LogP) is 1.94. The molecule has 20 heavy (non-hydrogen) atoms. The number of nitrogens with one attached hydrogen (secondary N) is 1. The molecule has 2 aliphatic carbocycles. The quantitative estimate of drug-likeness (QED) is 0.782. The van der Waals surface area contributed by atoms with E-state index >= 15 is 0 Å². The molecule has 0 spiro atoms. The lowest BCUT2D eigenvalue weighted by Gasteiger charge is -2.23. The fourth-order valence-electron chi connectivity index (χ4n) is 4.49. The van der Waals surface area contributed by atoms with Crippen molar-refractivity contribution in [3.63, 3.8) is 0 Å². The van der Waals surface area contributed by atoms with Crippen molar-refractivity contribution in [1.29, 1.82) is 0 Å². The Kier molecular flexibility index (Phi) is 4.11. The van der Waals surface area contributed by atoms with E-state index in [4.69, 9.17) is 0 Å². The van der Waals surface area contributed by atoms with Crippen LogP contribution in [0.25, 0.3) is 0 Å². The predicted molar refractivity (Wildman–Crippen MR) is 77.0 cm³/mol. The van der Waals surface area contributed by atoms with Gasteiger partial charge in [-0.25, -0.2) is 0 Å². The van der Waals surface area contributed by atoms with Crippen LogP contribution in [0.4, 0.5) is 0 Å². The molecule has 0 radical (unpaired) electrons. The molecule has 0 bridgehead atoms. The fraction of sp³-hybridized carbons (Fsp3) is 0.875. The molecule has 4 nitrogen and oxygen atoms in total. The molecule has 3 aliphatic rings. The van der Waals surface area contributed by atoms with Gasteiger partial charge in [0.2, 0.25) is 11.8 Å². The maximum atomic E-state index is 12.3. The molecule has 1 heterocycles. The molecule has 3 rings (SSSR count). The molecule has 0 aromatic carbocycles. The summed E-state index contributed by atoms with van der Waals surface area (Å²) >= 11 is 0. The molecule has 2 saturated carbocycles. The second-order valence-electron chi connectivity index (χ2n) is 6.62. The van der Waals surface area contributed by atoms with Crippen LogP contribution in [0.5, 0.6) is 0 Å². The van der Waals surface area contributed by atoms with Gasteiger partial charge in [-0.15, -0.1) is 0 Å². The van der Waals surface area contributed by atoms with Crippen LogP contribution in [0, 0.1) is 17.8 Å². The second kappa shape index (κ2) is 5.84. The Morgan fingerprint density at radius 2 is 1.70 bits per heavy atom. The SMILES string of the molecule is CCNC1CCCC1CCN1C(=O)C2CCCC2C1=O. The maximum Gasteiger partial charge on any atom is 0.233 e. The third kappa shape index (κ3) is 2.39. The molecular weight excluding hydrogens is 252 g/mol. The number of carbonyl (C=O) groups excluding carboxylic acids is 2. The average Bonchev–Trinajstić information content (AvgIpc) is 3.11. The normalized spacial score (nSPS) is 37.0. The third-order valence-electron chi connectivity index (χ3n) is 5.53. The van der Waals surface area contributed by atoms with Crippen molar-refractivity contribution in [2.45, 2.75) is 57.9 Å². The lowest BCUT2D eigenvalue weighted by Crippen LogP contribution is -2.37. The summed E-state index contributed by atoms with van der Waals surface area (Å²) in [6.45, 7) is 3.80. The van der Waals surface area contributed by atoms with Crippen molar-refractivity contribution in [3.8, 4) is 0 Å². The van der Waals surface area contributed by atoms with E-state index in [0.717, 1.165) is 32.2 Å². The summed E-state index contributed by atoms with van der Waals surface area (Å²) in [7, 11) is 0. The molecule has 0 aromatic heterocycles. The van der Waals surface area contributed by atoms with Gasteiger partial charge in [-0.2, -0.15) is 0 Å². The third-order valence-corrected chi connectivity index (χ3v) is 5.53. The highest BCUT2D eigenvalue weighted by atomic mass is 16.2. The number of likely N-dealkylation sites (tertiary alicyclic amines) is 1. The first kappa shape index (κ1) is 14.1. The van der Waals surface area contributed by atoms with Gasteiger partial charge in [-0.1, -0.05) is 19.8 Å². The lowest BCUT2D eigenvalue weighted by atomic mass is 9.99. The van der Waals surface area contributed by atoms with Crippen LogP contribution in [0.1, 0.15) is 51.9 Å². The number of nitrogens with zero attached hydrogens (tertiary/aromatic N) is 1. The Hall–Kier alpha value is -0.900. The number of imide groups is 1. The molecule has 1 aliphatic heterocycles. The van der Waals surface area contributed by atoms with Crippen LogP contribution < -0.4 is 5.32 Å². The number of rotatable bonds is 5. The van der Waals surface area contributed by atoms with E-state index in [9.17, 15) is 9.59 Å². The minimum absolute atomic E-state index is 0.0237. The van der Waals surface area contributed by atoms with Crippen molar-refractivity contribution in [1.82, 2.24) is 10.2 Å². The monoisotopic (exact) mass is 278 g/mol. The van der Waals surface area contributed by atoms with E-state index in [2.05, 4.69) is 12.2 Å². The summed E-state index contributed by atoms with van der Waals surface area (Å²) in [5.41, 5.74) is 0. The minimum Gasteiger partial charge on any atom is -0.314 e. The molecule has 4 heteroatoms. The Morgan fingerprint density at radius 1 is 1.05 bits per heavy atom. The molecule has 3 fully saturated rings. The van der Waals surface area contributed by atoms with E-state index in [1.807, 2.05) is 0 Å². The summed E-state index contributed by atoms with van der Waals surface area (Å²) in [6.07, 6.45) is 7.63. The molecular formula is C16H26N2O2. The molecule has 1 N–H and O–H groups in total. The van der Waals surface area contributed by atoms with Gasteiger partial charge in [0.15, 0.2) is 0 Å². The number of amides is 2. The number of fused-ring (bicyclic) bond motifs is 1. The fourth-order valence-corrected chi connectivity index (χ4v) is 4.49. The van der Waals surface area contributed by atoms with E-state index in [-0.39, 0.29) is 23.7 Å². The summed E-state index contributed by atoms with van der Waals surface area (Å²) in [5.74, 6) is 0.924. The zero-order chi connectivity index (χ0) is 14.1. The van der Waals surface area contributed by atoms with Crippen LogP contribution in [0.3, 0.4) is 0 Å². The van der Waals surface area contributed by atoms with Gasteiger partial charge >= 0.3 is 0 Å².